The molecule has 1 aromatic heterocycles. The summed E-state index contributed by atoms with van der Waals surface area (Å²) >= 11 is 0. The van der Waals surface area contributed by atoms with Crippen LogP contribution in [0.4, 0.5) is 21.0 Å². The molecule has 0 atom stereocenters. The lowest BCUT2D eigenvalue weighted by molar-refractivity contribution is 0.124. The third-order valence-electron chi connectivity index (χ3n) is 5.10. The van der Waals surface area contributed by atoms with Gasteiger partial charge in [0.1, 0.15) is 0 Å². The largest absolute Gasteiger partial charge is 0.331 e. The average Bonchev–Trinajstić information content (AvgIpc) is 2.74. The Hall–Kier alpha value is -3.13. The molecule has 0 spiro atoms. The second-order valence-electron chi connectivity index (χ2n) is 7.72. The van der Waals surface area contributed by atoms with Crippen LogP contribution in [0.15, 0.2) is 42.6 Å². The average molecular weight is 411 g/mol. The Kier molecular flexibility index (Phi) is 7.24. The number of urea groups is 2. The number of aryl methyl sites for hydroxylation is 1. The molecule has 0 radical (unpaired) electrons. The molecule has 2 N–H and O–H groups in total. The van der Waals surface area contributed by atoms with Crippen LogP contribution in [-0.2, 0) is 6.42 Å². The molecule has 1 aliphatic rings. The monoisotopic (exact) mass is 410 g/mol. The minimum atomic E-state index is -0.292. The Balaban J connectivity index is 1.46. The number of hydrogen-bond donors (Lipinski definition) is 2. The number of benzene rings is 1. The summed E-state index contributed by atoms with van der Waals surface area (Å²) in [4.78, 5) is 34.3. The van der Waals surface area contributed by atoms with Crippen molar-refractivity contribution in [2.45, 2.75) is 13.3 Å². The first-order valence-corrected chi connectivity index (χ1v) is 10.2. The second kappa shape index (κ2) is 10.1. The zero-order valence-electron chi connectivity index (χ0n) is 17.9. The van der Waals surface area contributed by atoms with Gasteiger partial charge in [-0.2, -0.15) is 0 Å². The van der Waals surface area contributed by atoms with Crippen molar-refractivity contribution in [1.82, 2.24) is 19.7 Å². The van der Waals surface area contributed by atoms with Crippen LogP contribution in [-0.4, -0.2) is 78.6 Å². The summed E-state index contributed by atoms with van der Waals surface area (Å²) in [5.41, 5.74) is 3.48. The van der Waals surface area contributed by atoms with Crippen LogP contribution in [0.1, 0.15) is 11.3 Å². The number of pyridine rings is 1. The quantitative estimate of drug-likeness (QED) is 0.794. The first-order valence-electron chi connectivity index (χ1n) is 10.2. The summed E-state index contributed by atoms with van der Waals surface area (Å²) in [6.07, 6.45) is 2.53. The number of anilines is 2. The normalized spacial score (nSPS) is 14.3. The van der Waals surface area contributed by atoms with Gasteiger partial charge in [-0.25, -0.2) is 9.59 Å². The van der Waals surface area contributed by atoms with E-state index in [9.17, 15) is 9.59 Å². The van der Waals surface area contributed by atoms with Gasteiger partial charge in [0.05, 0.1) is 11.9 Å². The fraction of sp³-hybridized carbons (Fsp3) is 0.409. The zero-order valence-corrected chi connectivity index (χ0v) is 17.9. The number of nitrogens with one attached hydrogen (secondary N) is 2. The van der Waals surface area contributed by atoms with Crippen LogP contribution in [0.2, 0.25) is 0 Å². The van der Waals surface area contributed by atoms with Crippen molar-refractivity contribution in [2.75, 3.05) is 57.5 Å². The molecule has 8 nitrogen and oxygen atoms in total. The molecule has 30 heavy (non-hydrogen) atoms. The number of hydrogen-bond acceptors (Lipinski definition) is 4. The molecule has 0 bridgehead atoms. The van der Waals surface area contributed by atoms with Gasteiger partial charge in [0.2, 0.25) is 0 Å². The molecular formula is C22H30N6O2. The third-order valence-corrected chi connectivity index (χ3v) is 5.10. The molecule has 0 saturated carbocycles. The van der Waals surface area contributed by atoms with Crippen molar-refractivity contribution >= 4 is 23.4 Å². The van der Waals surface area contributed by atoms with Crippen LogP contribution < -0.4 is 10.6 Å². The smallest absolute Gasteiger partial charge is 0.323 e. The molecule has 2 aromatic rings. The van der Waals surface area contributed by atoms with E-state index in [2.05, 4.69) is 26.6 Å². The minimum absolute atomic E-state index is 0.0770. The SMILES string of the molecule is Cc1ccc(NC(=O)Nc2cccc(CCN3CCN(C(=O)N(C)C)CC3)c2)cn1. The van der Waals surface area contributed by atoms with E-state index in [4.69, 9.17) is 0 Å². The van der Waals surface area contributed by atoms with Crippen molar-refractivity contribution in [3.8, 4) is 0 Å². The fourth-order valence-corrected chi connectivity index (χ4v) is 3.37. The predicted molar refractivity (Wildman–Crippen MR) is 119 cm³/mol. The first kappa shape index (κ1) is 21.6. The van der Waals surface area contributed by atoms with Crippen LogP contribution in [0, 0.1) is 6.92 Å². The van der Waals surface area contributed by atoms with E-state index >= 15 is 0 Å². The highest BCUT2D eigenvalue weighted by molar-refractivity contribution is 5.99. The summed E-state index contributed by atoms with van der Waals surface area (Å²) in [7, 11) is 3.57. The first-order chi connectivity index (χ1) is 14.4. The van der Waals surface area contributed by atoms with E-state index in [0.29, 0.717) is 5.69 Å². The lowest BCUT2D eigenvalue weighted by atomic mass is 10.1. The number of piperazine rings is 1. The van der Waals surface area contributed by atoms with Gasteiger partial charge < -0.3 is 20.4 Å². The number of carbonyl (C=O) groups is 2. The Labute approximate surface area is 177 Å². The van der Waals surface area contributed by atoms with Crippen LogP contribution >= 0.6 is 0 Å². The number of rotatable bonds is 5. The van der Waals surface area contributed by atoms with Crippen LogP contribution in [0.25, 0.3) is 0 Å². The summed E-state index contributed by atoms with van der Waals surface area (Å²) in [5.74, 6) is 0. The van der Waals surface area contributed by atoms with E-state index in [1.54, 1.807) is 25.2 Å². The number of aromatic nitrogens is 1. The number of amides is 4. The van der Waals surface area contributed by atoms with Crippen molar-refractivity contribution in [3.63, 3.8) is 0 Å². The molecule has 0 aliphatic carbocycles. The fourth-order valence-electron chi connectivity index (χ4n) is 3.37. The van der Waals surface area contributed by atoms with E-state index in [1.165, 1.54) is 0 Å². The highest BCUT2D eigenvalue weighted by Crippen LogP contribution is 2.14. The topological polar surface area (TPSA) is 80.8 Å². The number of carbonyl (C=O) groups excluding carboxylic acids is 2. The lowest BCUT2D eigenvalue weighted by Gasteiger charge is -2.35. The summed E-state index contributed by atoms with van der Waals surface area (Å²) in [6.45, 7) is 6.10. The van der Waals surface area contributed by atoms with Gasteiger partial charge in [0, 0.05) is 58.2 Å². The number of nitrogens with zero attached hydrogens (tertiary/aromatic N) is 4. The maximum atomic E-state index is 12.2. The molecule has 1 saturated heterocycles. The summed E-state index contributed by atoms with van der Waals surface area (Å²) in [6, 6.07) is 11.4. The maximum Gasteiger partial charge on any atom is 0.323 e. The highest BCUT2D eigenvalue weighted by atomic mass is 16.2. The van der Waals surface area contributed by atoms with E-state index in [-0.39, 0.29) is 12.1 Å². The Bertz CT molecular complexity index is 860. The van der Waals surface area contributed by atoms with Gasteiger partial charge in [-0.05, 0) is 43.2 Å². The van der Waals surface area contributed by atoms with Crippen LogP contribution in [0.3, 0.4) is 0 Å². The van der Waals surface area contributed by atoms with Gasteiger partial charge >= 0.3 is 12.1 Å². The van der Waals surface area contributed by atoms with E-state index in [0.717, 1.165) is 56.1 Å². The standard InChI is InChI=1S/C22H30N6O2/c1-17-7-8-20(16-23-17)25-21(29)24-19-6-4-5-18(15-19)9-10-27-11-13-28(14-12-27)22(30)26(2)3/h4-8,15-16H,9-14H2,1-3H3,(H2,24,25,29). The van der Waals surface area contributed by atoms with E-state index in [1.807, 2.05) is 42.2 Å². The Morgan fingerprint density at radius 3 is 2.43 bits per heavy atom. The zero-order chi connectivity index (χ0) is 21.5. The third kappa shape index (κ3) is 6.18. The van der Waals surface area contributed by atoms with Crippen molar-refractivity contribution in [3.05, 3.63) is 53.9 Å². The van der Waals surface area contributed by atoms with Gasteiger partial charge in [-0.3, -0.25) is 9.88 Å². The molecule has 1 aliphatic heterocycles. The lowest BCUT2D eigenvalue weighted by Crippen LogP contribution is -2.51. The molecule has 8 heteroatoms. The molecule has 4 amide bonds. The molecular weight excluding hydrogens is 380 g/mol. The van der Waals surface area contributed by atoms with Crippen LogP contribution in [0.5, 0.6) is 0 Å². The molecule has 2 heterocycles. The van der Waals surface area contributed by atoms with Crippen molar-refractivity contribution in [2.24, 2.45) is 0 Å². The molecule has 1 aromatic carbocycles. The van der Waals surface area contributed by atoms with Gasteiger partial charge in [0.15, 0.2) is 0 Å². The summed E-state index contributed by atoms with van der Waals surface area (Å²) < 4.78 is 0. The Morgan fingerprint density at radius 2 is 1.77 bits per heavy atom. The maximum absolute atomic E-state index is 12.2. The van der Waals surface area contributed by atoms with Crippen molar-refractivity contribution in [1.29, 1.82) is 0 Å². The Morgan fingerprint density at radius 1 is 1.03 bits per heavy atom. The molecule has 1 fully saturated rings. The molecule has 3 rings (SSSR count). The second-order valence-corrected chi connectivity index (χ2v) is 7.72. The predicted octanol–water partition coefficient (Wildman–Crippen LogP) is 2.88. The minimum Gasteiger partial charge on any atom is -0.331 e. The van der Waals surface area contributed by atoms with Gasteiger partial charge in [0.25, 0.3) is 0 Å². The van der Waals surface area contributed by atoms with Gasteiger partial charge in [-0.1, -0.05) is 12.1 Å². The van der Waals surface area contributed by atoms with Crippen molar-refractivity contribution < 1.29 is 9.59 Å². The summed E-state index contributed by atoms with van der Waals surface area (Å²) in [5, 5.41) is 5.66. The molecule has 0 unspecified atom stereocenters. The van der Waals surface area contributed by atoms with E-state index < -0.39 is 0 Å². The highest BCUT2D eigenvalue weighted by Gasteiger charge is 2.21. The van der Waals surface area contributed by atoms with Gasteiger partial charge in [-0.15, -0.1) is 0 Å². The molecule has 160 valence electrons.